The Morgan fingerprint density at radius 3 is 2.45 bits per heavy atom. The lowest BCUT2D eigenvalue weighted by atomic mass is 10.1. The molecule has 0 spiro atoms. The van der Waals surface area contributed by atoms with Crippen LogP contribution in [0.25, 0.3) is 0 Å². The van der Waals surface area contributed by atoms with Crippen LogP contribution < -0.4 is 5.32 Å². The fourth-order valence-corrected chi connectivity index (χ4v) is 1.70. The van der Waals surface area contributed by atoms with Crippen molar-refractivity contribution in [3.63, 3.8) is 0 Å². The quantitative estimate of drug-likeness (QED) is 0.833. The number of aliphatic carboxylic acids is 1. The van der Waals surface area contributed by atoms with Gasteiger partial charge in [-0.3, -0.25) is 4.79 Å². The molecule has 0 bridgehead atoms. The van der Waals surface area contributed by atoms with E-state index in [1.54, 1.807) is 30.3 Å². The van der Waals surface area contributed by atoms with Crippen molar-refractivity contribution in [3.8, 4) is 0 Å². The molecule has 0 aliphatic heterocycles. The van der Waals surface area contributed by atoms with Crippen LogP contribution in [0.4, 0.5) is 4.39 Å². The maximum absolute atomic E-state index is 13.4. The predicted molar refractivity (Wildman–Crippen MR) is 68.5 cm³/mol. The summed E-state index contributed by atoms with van der Waals surface area (Å²) in [5, 5.41) is 11.4. The Hall–Kier alpha value is -2.76. The molecule has 0 saturated carbocycles. The number of hydrogen-bond donors (Lipinski definition) is 2. The van der Waals surface area contributed by atoms with Crippen molar-refractivity contribution in [3.05, 3.63) is 65.7 Å². The normalized spacial score (nSPS) is 11.7. The van der Waals surface area contributed by atoms with E-state index in [2.05, 4.69) is 10.3 Å². The number of hydrogen-bond acceptors (Lipinski definition) is 3. The predicted octanol–water partition coefficient (Wildman–Crippen LogP) is 1.78. The summed E-state index contributed by atoms with van der Waals surface area (Å²) >= 11 is 0. The number of carbonyl (C=O) groups excluding carboxylic acids is 1. The molecule has 1 atom stereocenters. The van der Waals surface area contributed by atoms with E-state index in [4.69, 9.17) is 5.11 Å². The SMILES string of the molecule is O=C(NC(C(=O)O)c1ccccc1)c1cccnc1F. The van der Waals surface area contributed by atoms with Crippen LogP contribution in [-0.2, 0) is 4.79 Å². The summed E-state index contributed by atoms with van der Waals surface area (Å²) in [6, 6.07) is 9.56. The molecule has 1 aromatic heterocycles. The highest BCUT2D eigenvalue weighted by Crippen LogP contribution is 2.14. The number of carboxylic acid groups (broad SMARTS) is 1. The minimum absolute atomic E-state index is 0.297. The van der Waals surface area contributed by atoms with Gasteiger partial charge in [0.25, 0.3) is 5.91 Å². The molecule has 0 saturated heterocycles. The summed E-state index contributed by atoms with van der Waals surface area (Å²) in [6.07, 6.45) is 1.21. The third-order valence-electron chi connectivity index (χ3n) is 2.66. The van der Waals surface area contributed by atoms with Crippen LogP contribution in [-0.4, -0.2) is 22.0 Å². The number of amides is 1. The first kappa shape index (κ1) is 13.7. The van der Waals surface area contributed by atoms with E-state index < -0.39 is 23.9 Å². The van der Waals surface area contributed by atoms with Gasteiger partial charge in [0.2, 0.25) is 5.95 Å². The van der Waals surface area contributed by atoms with Gasteiger partial charge in [-0.2, -0.15) is 4.39 Å². The zero-order valence-electron chi connectivity index (χ0n) is 10.3. The number of nitrogens with zero attached hydrogens (tertiary/aromatic N) is 1. The van der Waals surface area contributed by atoms with Gasteiger partial charge in [0.1, 0.15) is 0 Å². The van der Waals surface area contributed by atoms with E-state index in [0.717, 1.165) is 0 Å². The van der Waals surface area contributed by atoms with Crippen molar-refractivity contribution in [2.24, 2.45) is 0 Å². The van der Waals surface area contributed by atoms with Crippen LogP contribution in [0.2, 0.25) is 0 Å². The second-order valence-corrected chi connectivity index (χ2v) is 4.00. The van der Waals surface area contributed by atoms with Gasteiger partial charge in [-0.05, 0) is 17.7 Å². The molecule has 0 radical (unpaired) electrons. The number of pyridine rings is 1. The molecular weight excluding hydrogens is 263 g/mol. The lowest BCUT2D eigenvalue weighted by molar-refractivity contribution is -0.139. The zero-order chi connectivity index (χ0) is 14.5. The number of halogens is 1. The van der Waals surface area contributed by atoms with Gasteiger partial charge >= 0.3 is 5.97 Å². The lowest BCUT2D eigenvalue weighted by Gasteiger charge is -2.14. The van der Waals surface area contributed by atoms with Crippen LogP contribution >= 0.6 is 0 Å². The molecule has 0 aliphatic carbocycles. The van der Waals surface area contributed by atoms with Gasteiger partial charge in [-0.15, -0.1) is 0 Å². The molecule has 0 fully saturated rings. The lowest BCUT2D eigenvalue weighted by Crippen LogP contribution is -2.34. The highest BCUT2D eigenvalue weighted by molar-refractivity contribution is 5.96. The third-order valence-corrected chi connectivity index (χ3v) is 2.66. The largest absolute Gasteiger partial charge is 0.479 e. The Bertz CT molecular complexity index is 631. The summed E-state index contributed by atoms with van der Waals surface area (Å²) < 4.78 is 13.4. The average Bonchev–Trinajstić information content (AvgIpc) is 2.45. The topological polar surface area (TPSA) is 79.3 Å². The molecule has 1 unspecified atom stereocenters. The third kappa shape index (κ3) is 2.97. The molecule has 2 rings (SSSR count). The smallest absolute Gasteiger partial charge is 0.330 e. The Morgan fingerprint density at radius 1 is 1.15 bits per heavy atom. The second kappa shape index (κ2) is 5.92. The maximum Gasteiger partial charge on any atom is 0.330 e. The Balaban J connectivity index is 2.24. The Kier molecular flexibility index (Phi) is 4.05. The summed E-state index contributed by atoms with van der Waals surface area (Å²) in [6.45, 7) is 0. The summed E-state index contributed by atoms with van der Waals surface area (Å²) in [7, 11) is 0. The average molecular weight is 274 g/mol. The molecule has 1 aromatic carbocycles. The van der Waals surface area contributed by atoms with Crippen LogP contribution in [0.5, 0.6) is 0 Å². The first-order valence-electron chi connectivity index (χ1n) is 5.78. The van der Waals surface area contributed by atoms with E-state index in [-0.39, 0.29) is 5.56 Å². The van der Waals surface area contributed by atoms with E-state index in [0.29, 0.717) is 5.56 Å². The van der Waals surface area contributed by atoms with E-state index in [9.17, 15) is 14.0 Å². The van der Waals surface area contributed by atoms with Gasteiger partial charge < -0.3 is 10.4 Å². The molecule has 2 aromatic rings. The number of aromatic nitrogens is 1. The Morgan fingerprint density at radius 2 is 1.85 bits per heavy atom. The van der Waals surface area contributed by atoms with E-state index in [1.165, 1.54) is 18.3 Å². The van der Waals surface area contributed by atoms with Crippen molar-refractivity contribution < 1.29 is 19.1 Å². The van der Waals surface area contributed by atoms with Crippen LogP contribution in [0, 0.1) is 5.95 Å². The standard InChI is InChI=1S/C14H11FN2O3/c15-12-10(7-4-8-16-12)13(18)17-11(14(19)20)9-5-2-1-3-6-9/h1-8,11H,(H,17,18)(H,19,20). The highest BCUT2D eigenvalue weighted by Gasteiger charge is 2.23. The molecule has 5 nitrogen and oxygen atoms in total. The second-order valence-electron chi connectivity index (χ2n) is 4.00. The molecule has 6 heteroatoms. The van der Waals surface area contributed by atoms with E-state index >= 15 is 0 Å². The monoisotopic (exact) mass is 274 g/mol. The van der Waals surface area contributed by atoms with Crippen molar-refractivity contribution in [1.82, 2.24) is 10.3 Å². The fourth-order valence-electron chi connectivity index (χ4n) is 1.70. The van der Waals surface area contributed by atoms with Crippen molar-refractivity contribution >= 4 is 11.9 Å². The zero-order valence-corrected chi connectivity index (χ0v) is 10.3. The molecule has 0 aliphatic rings. The van der Waals surface area contributed by atoms with Gasteiger partial charge in [0.15, 0.2) is 6.04 Å². The van der Waals surface area contributed by atoms with Crippen molar-refractivity contribution in [1.29, 1.82) is 0 Å². The number of benzene rings is 1. The number of carbonyl (C=O) groups is 2. The summed E-state index contributed by atoms with van der Waals surface area (Å²) in [5.41, 5.74) is 0.104. The van der Waals surface area contributed by atoms with Crippen molar-refractivity contribution in [2.75, 3.05) is 0 Å². The van der Waals surface area contributed by atoms with Gasteiger partial charge in [-0.25, -0.2) is 9.78 Å². The minimum atomic E-state index is -1.25. The van der Waals surface area contributed by atoms with E-state index in [1.807, 2.05) is 0 Å². The van der Waals surface area contributed by atoms with Crippen LogP contribution in [0.15, 0.2) is 48.7 Å². The first-order valence-corrected chi connectivity index (χ1v) is 5.78. The van der Waals surface area contributed by atoms with Gasteiger partial charge in [0.05, 0.1) is 5.56 Å². The molecule has 1 heterocycles. The molecule has 1 amide bonds. The summed E-state index contributed by atoms with van der Waals surface area (Å²) in [4.78, 5) is 26.5. The molecule has 2 N–H and O–H groups in total. The highest BCUT2D eigenvalue weighted by atomic mass is 19.1. The fraction of sp³-hybridized carbons (Fsp3) is 0.0714. The van der Waals surface area contributed by atoms with Crippen molar-refractivity contribution in [2.45, 2.75) is 6.04 Å². The minimum Gasteiger partial charge on any atom is -0.479 e. The maximum atomic E-state index is 13.4. The van der Waals surface area contributed by atoms with Crippen LogP contribution in [0.1, 0.15) is 22.0 Å². The molecule has 102 valence electrons. The molecular formula is C14H11FN2O3. The van der Waals surface area contributed by atoms with Crippen LogP contribution in [0.3, 0.4) is 0 Å². The van der Waals surface area contributed by atoms with Gasteiger partial charge in [-0.1, -0.05) is 30.3 Å². The summed E-state index contributed by atoms with van der Waals surface area (Å²) in [5.74, 6) is -3.00. The number of nitrogens with one attached hydrogen (secondary N) is 1. The molecule has 20 heavy (non-hydrogen) atoms. The Labute approximate surface area is 114 Å². The van der Waals surface area contributed by atoms with Gasteiger partial charge in [0, 0.05) is 6.20 Å². The number of rotatable bonds is 4. The number of carboxylic acids is 1. The first-order chi connectivity index (χ1) is 9.59.